The van der Waals surface area contributed by atoms with Crippen molar-refractivity contribution >= 4 is 5.91 Å². The molecule has 1 aromatic heterocycles. The zero-order valence-electron chi connectivity index (χ0n) is 15.2. The van der Waals surface area contributed by atoms with Gasteiger partial charge in [-0.2, -0.15) is 0 Å². The summed E-state index contributed by atoms with van der Waals surface area (Å²) in [5, 5.41) is 3.16. The van der Waals surface area contributed by atoms with E-state index in [0.29, 0.717) is 12.4 Å². The molecule has 1 atom stereocenters. The van der Waals surface area contributed by atoms with Gasteiger partial charge in [0.25, 0.3) is 0 Å². The number of pyridine rings is 1. The van der Waals surface area contributed by atoms with Crippen LogP contribution in [0.1, 0.15) is 29.7 Å². The number of methoxy groups -OCH3 is 1. The van der Waals surface area contributed by atoms with Gasteiger partial charge in [0.05, 0.1) is 18.2 Å². The Labute approximate surface area is 154 Å². The lowest BCUT2D eigenvalue weighted by atomic mass is 9.74. The van der Waals surface area contributed by atoms with Crippen molar-refractivity contribution in [1.82, 2.24) is 15.2 Å². The molecule has 4 rings (SSSR count). The first kappa shape index (κ1) is 17.0. The Hall–Kier alpha value is -2.40. The summed E-state index contributed by atoms with van der Waals surface area (Å²) in [6, 6.07) is 14.3. The van der Waals surface area contributed by atoms with Gasteiger partial charge in [0.2, 0.25) is 11.8 Å². The number of likely N-dealkylation sites (tertiary alicyclic amines) is 1. The lowest BCUT2D eigenvalue weighted by molar-refractivity contribution is -0.134. The van der Waals surface area contributed by atoms with Crippen LogP contribution in [0.25, 0.3) is 0 Å². The Morgan fingerprint density at radius 3 is 2.88 bits per heavy atom. The van der Waals surface area contributed by atoms with Gasteiger partial charge in [-0.15, -0.1) is 0 Å². The van der Waals surface area contributed by atoms with Gasteiger partial charge >= 0.3 is 0 Å². The molecule has 1 saturated heterocycles. The van der Waals surface area contributed by atoms with E-state index in [1.54, 1.807) is 7.11 Å². The zero-order chi connectivity index (χ0) is 18.0. The van der Waals surface area contributed by atoms with Crippen LogP contribution in [0.5, 0.6) is 5.88 Å². The number of nitrogens with zero attached hydrogens (tertiary/aromatic N) is 2. The van der Waals surface area contributed by atoms with Crippen LogP contribution >= 0.6 is 0 Å². The first-order valence-corrected chi connectivity index (χ1v) is 9.26. The van der Waals surface area contributed by atoms with E-state index in [2.05, 4.69) is 33.4 Å². The third-order valence-electron chi connectivity index (χ3n) is 5.60. The zero-order valence-corrected chi connectivity index (χ0v) is 15.2. The molecule has 2 aliphatic rings. The van der Waals surface area contributed by atoms with Crippen LogP contribution in [0.3, 0.4) is 0 Å². The summed E-state index contributed by atoms with van der Waals surface area (Å²) >= 11 is 0. The third-order valence-corrected chi connectivity index (χ3v) is 5.60. The first-order valence-electron chi connectivity index (χ1n) is 9.26. The SMILES string of the molecule is COc1cccc(CN2CCCC3(Cc4ccccc4CNC3=O)C2)n1. The molecule has 2 aliphatic heterocycles. The summed E-state index contributed by atoms with van der Waals surface area (Å²) in [5.74, 6) is 0.826. The Kier molecular flexibility index (Phi) is 4.64. The smallest absolute Gasteiger partial charge is 0.228 e. The quantitative estimate of drug-likeness (QED) is 0.923. The van der Waals surface area contributed by atoms with Gasteiger partial charge in [0.1, 0.15) is 0 Å². The largest absolute Gasteiger partial charge is 0.481 e. The van der Waals surface area contributed by atoms with Gasteiger partial charge < -0.3 is 10.1 Å². The summed E-state index contributed by atoms with van der Waals surface area (Å²) < 4.78 is 5.23. The van der Waals surface area contributed by atoms with E-state index >= 15 is 0 Å². The molecule has 2 aromatic rings. The molecule has 1 fully saturated rings. The van der Waals surface area contributed by atoms with E-state index in [-0.39, 0.29) is 11.3 Å². The molecule has 1 unspecified atom stereocenters. The van der Waals surface area contributed by atoms with Crippen molar-refractivity contribution < 1.29 is 9.53 Å². The number of aromatic nitrogens is 1. The average molecular weight is 351 g/mol. The van der Waals surface area contributed by atoms with Gasteiger partial charge in [-0.3, -0.25) is 9.69 Å². The molecular weight excluding hydrogens is 326 g/mol. The van der Waals surface area contributed by atoms with E-state index in [1.807, 2.05) is 24.3 Å². The maximum atomic E-state index is 13.0. The van der Waals surface area contributed by atoms with Gasteiger partial charge in [-0.1, -0.05) is 30.3 Å². The second-order valence-corrected chi connectivity index (χ2v) is 7.39. The third kappa shape index (κ3) is 3.31. The molecule has 3 heterocycles. The summed E-state index contributed by atoms with van der Waals surface area (Å²) in [6.07, 6.45) is 2.78. The normalized spacial score (nSPS) is 23.2. The minimum atomic E-state index is -0.344. The maximum absolute atomic E-state index is 13.0. The van der Waals surface area contributed by atoms with Crippen molar-refractivity contribution in [2.75, 3.05) is 20.2 Å². The minimum absolute atomic E-state index is 0.192. The Balaban J connectivity index is 1.55. The average Bonchev–Trinajstić information content (AvgIpc) is 2.79. The second-order valence-electron chi connectivity index (χ2n) is 7.39. The van der Waals surface area contributed by atoms with Crippen molar-refractivity contribution in [2.24, 2.45) is 5.41 Å². The van der Waals surface area contributed by atoms with Crippen LogP contribution < -0.4 is 10.1 Å². The van der Waals surface area contributed by atoms with Crippen molar-refractivity contribution in [3.8, 4) is 5.88 Å². The molecule has 1 spiro atoms. The highest BCUT2D eigenvalue weighted by Gasteiger charge is 2.43. The maximum Gasteiger partial charge on any atom is 0.228 e. The second kappa shape index (κ2) is 7.08. The number of nitrogens with one attached hydrogen (secondary N) is 1. The lowest BCUT2D eigenvalue weighted by Gasteiger charge is -2.41. The number of piperidine rings is 1. The molecule has 5 nitrogen and oxygen atoms in total. The van der Waals surface area contributed by atoms with E-state index in [1.165, 1.54) is 11.1 Å². The van der Waals surface area contributed by atoms with Gasteiger partial charge in [-0.25, -0.2) is 4.98 Å². The Morgan fingerprint density at radius 1 is 1.19 bits per heavy atom. The Morgan fingerprint density at radius 2 is 2.04 bits per heavy atom. The molecule has 0 bridgehead atoms. The van der Waals surface area contributed by atoms with Gasteiger partial charge in [0, 0.05) is 25.7 Å². The van der Waals surface area contributed by atoms with Crippen LogP contribution in [0.4, 0.5) is 0 Å². The predicted molar refractivity (Wildman–Crippen MR) is 99.7 cm³/mol. The van der Waals surface area contributed by atoms with Gasteiger partial charge in [0.15, 0.2) is 0 Å². The van der Waals surface area contributed by atoms with Gasteiger partial charge in [-0.05, 0) is 43.0 Å². The van der Waals surface area contributed by atoms with Crippen LogP contribution in [0.15, 0.2) is 42.5 Å². The number of rotatable bonds is 3. The van der Waals surface area contributed by atoms with E-state index in [4.69, 9.17) is 4.74 Å². The number of fused-ring (bicyclic) bond motifs is 1. The highest BCUT2D eigenvalue weighted by atomic mass is 16.5. The Bertz CT molecular complexity index is 807. The van der Waals surface area contributed by atoms with E-state index in [9.17, 15) is 4.79 Å². The molecule has 0 saturated carbocycles. The monoisotopic (exact) mass is 351 g/mol. The molecule has 1 amide bonds. The summed E-state index contributed by atoms with van der Waals surface area (Å²) in [4.78, 5) is 19.9. The summed E-state index contributed by atoms with van der Waals surface area (Å²) in [7, 11) is 1.63. The standard InChI is InChI=1S/C21H25N3O2/c1-26-19-9-4-8-18(23-19)14-24-11-5-10-21(15-24)12-16-6-2-3-7-17(16)13-22-20(21)25/h2-4,6-9H,5,10-15H2,1H3,(H,22,25). The number of carbonyl (C=O) groups is 1. The number of carbonyl (C=O) groups excluding carboxylic acids is 1. The number of benzene rings is 1. The molecule has 0 aliphatic carbocycles. The molecule has 5 heteroatoms. The highest BCUT2D eigenvalue weighted by molar-refractivity contribution is 5.84. The fourth-order valence-electron chi connectivity index (χ4n) is 4.29. The molecule has 1 aromatic carbocycles. The van der Waals surface area contributed by atoms with Crippen molar-refractivity contribution in [2.45, 2.75) is 32.4 Å². The number of ether oxygens (including phenoxy) is 1. The lowest BCUT2D eigenvalue weighted by Crippen LogP contribution is -2.51. The first-order chi connectivity index (χ1) is 12.7. The number of amides is 1. The van der Waals surface area contributed by atoms with Crippen LogP contribution in [-0.2, 0) is 24.3 Å². The number of hydrogen-bond donors (Lipinski definition) is 1. The topological polar surface area (TPSA) is 54.5 Å². The molecule has 26 heavy (non-hydrogen) atoms. The van der Waals surface area contributed by atoms with Crippen LogP contribution in [0.2, 0.25) is 0 Å². The van der Waals surface area contributed by atoms with E-state index in [0.717, 1.165) is 44.6 Å². The van der Waals surface area contributed by atoms with Crippen molar-refractivity contribution in [3.63, 3.8) is 0 Å². The fourth-order valence-corrected chi connectivity index (χ4v) is 4.29. The van der Waals surface area contributed by atoms with Crippen molar-refractivity contribution in [1.29, 1.82) is 0 Å². The molecule has 1 N–H and O–H groups in total. The summed E-state index contributed by atoms with van der Waals surface area (Å²) in [6.45, 7) is 3.14. The highest BCUT2D eigenvalue weighted by Crippen LogP contribution is 2.37. The molecular formula is C21H25N3O2. The van der Waals surface area contributed by atoms with E-state index < -0.39 is 0 Å². The molecule has 136 valence electrons. The molecule has 0 radical (unpaired) electrons. The fraction of sp³-hybridized carbons (Fsp3) is 0.429. The number of hydrogen-bond acceptors (Lipinski definition) is 4. The van der Waals surface area contributed by atoms with Crippen LogP contribution in [0, 0.1) is 5.41 Å². The predicted octanol–water partition coefficient (Wildman–Crippen LogP) is 2.54. The van der Waals surface area contributed by atoms with Crippen molar-refractivity contribution in [3.05, 3.63) is 59.3 Å². The minimum Gasteiger partial charge on any atom is -0.481 e. The summed E-state index contributed by atoms with van der Waals surface area (Å²) in [5.41, 5.74) is 3.18. The van der Waals surface area contributed by atoms with Crippen LogP contribution in [-0.4, -0.2) is 36.0 Å².